The first-order chi connectivity index (χ1) is 15.1. The number of fused-ring (bicyclic) bond motifs is 3. The molecule has 1 atom stereocenters. The van der Waals surface area contributed by atoms with Gasteiger partial charge in [0.1, 0.15) is 49.7 Å². The van der Waals surface area contributed by atoms with Crippen molar-refractivity contribution in [2.24, 2.45) is 4.99 Å². The topological polar surface area (TPSA) is 122 Å². The molecule has 1 aromatic carbocycles. The molecule has 8 nitrogen and oxygen atoms in total. The normalized spacial score (nSPS) is 21.6. The molecule has 0 radical (unpaired) electrons. The standard InChI is InChI=1S/C22H21NO7S2/c1-9-17(27)16-19(15(18(9)29-4)12(26)8-32-21-23-5-6-31-21)30-13-7-11(25)14(10(2)24)20(28)22(13,16)3/h7,25,27H,5-6,8H2,1-4H3/t22-/m0/s1. The molecular weight excluding hydrogens is 454 g/mol. The van der Waals surface area contributed by atoms with Gasteiger partial charge in [0.15, 0.2) is 17.3 Å². The molecule has 0 spiro atoms. The summed E-state index contributed by atoms with van der Waals surface area (Å²) in [5.74, 6) is -1.29. The first-order valence-electron chi connectivity index (χ1n) is 9.79. The fourth-order valence-corrected chi connectivity index (χ4v) is 6.01. The molecule has 0 aromatic heterocycles. The number of ketones is 3. The van der Waals surface area contributed by atoms with E-state index in [2.05, 4.69) is 4.99 Å². The van der Waals surface area contributed by atoms with Gasteiger partial charge < -0.3 is 19.7 Å². The van der Waals surface area contributed by atoms with Crippen LogP contribution in [0.5, 0.6) is 17.2 Å². The molecule has 0 saturated carbocycles. The molecule has 2 aliphatic heterocycles. The number of carbonyl (C=O) groups excluding carboxylic acids is 3. The van der Waals surface area contributed by atoms with Crippen molar-refractivity contribution in [2.75, 3.05) is 25.2 Å². The quantitative estimate of drug-likeness (QED) is 0.488. The van der Waals surface area contributed by atoms with Crippen LogP contribution in [-0.2, 0) is 15.0 Å². The van der Waals surface area contributed by atoms with Gasteiger partial charge in [-0.3, -0.25) is 19.4 Å². The number of phenolic OH excluding ortho intramolecular Hbond substituents is 1. The lowest BCUT2D eigenvalue weighted by molar-refractivity contribution is -0.123. The summed E-state index contributed by atoms with van der Waals surface area (Å²) in [6, 6.07) is 0. The van der Waals surface area contributed by atoms with Crippen LogP contribution in [0.3, 0.4) is 0 Å². The maximum Gasteiger partial charge on any atom is 0.188 e. The van der Waals surface area contributed by atoms with Crippen molar-refractivity contribution in [1.29, 1.82) is 0 Å². The summed E-state index contributed by atoms with van der Waals surface area (Å²) in [4.78, 5) is 43.0. The fraction of sp³-hybridized carbons (Fsp3) is 0.364. The molecule has 1 aromatic rings. The van der Waals surface area contributed by atoms with Gasteiger partial charge in [-0.05, 0) is 20.8 Å². The van der Waals surface area contributed by atoms with E-state index in [0.29, 0.717) is 6.54 Å². The van der Waals surface area contributed by atoms with Gasteiger partial charge in [-0.1, -0.05) is 23.5 Å². The maximum absolute atomic E-state index is 13.3. The molecule has 32 heavy (non-hydrogen) atoms. The van der Waals surface area contributed by atoms with Crippen molar-refractivity contribution in [2.45, 2.75) is 26.2 Å². The number of methoxy groups -OCH3 is 1. The van der Waals surface area contributed by atoms with Gasteiger partial charge in [0.2, 0.25) is 0 Å². The average Bonchev–Trinajstić information content (AvgIpc) is 3.35. The second kappa shape index (κ2) is 8.00. The van der Waals surface area contributed by atoms with Crippen LogP contribution in [-0.4, -0.2) is 57.1 Å². The van der Waals surface area contributed by atoms with Crippen molar-refractivity contribution < 1.29 is 34.1 Å². The van der Waals surface area contributed by atoms with Crippen molar-refractivity contribution >= 4 is 45.2 Å². The SMILES string of the molecule is COc1c(C)c(O)c2c(c1C(=O)CSC1=NCCS1)OC1=CC(O)=C(C(C)=O)C(=O)[C@@]12C. The zero-order chi connectivity index (χ0) is 23.4. The van der Waals surface area contributed by atoms with E-state index in [0.717, 1.165) is 10.1 Å². The highest BCUT2D eigenvalue weighted by atomic mass is 32.2. The maximum atomic E-state index is 13.3. The van der Waals surface area contributed by atoms with Crippen molar-refractivity contribution in [3.8, 4) is 17.2 Å². The largest absolute Gasteiger partial charge is 0.507 e. The van der Waals surface area contributed by atoms with E-state index in [4.69, 9.17) is 9.47 Å². The molecule has 0 unspecified atom stereocenters. The Morgan fingerprint density at radius 2 is 2.09 bits per heavy atom. The lowest BCUT2D eigenvalue weighted by Gasteiger charge is -2.28. The molecule has 0 fully saturated rings. The van der Waals surface area contributed by atoms with Gasteiger partial charge >= 0.3 is 0 Å². The van der Waals surface area contributed by atoms with E-state index in [1.54, 1.807) is 18.7 Å². The number of benzene rings is 1. The number of phenols is 1. The van der Waals surface area contributed by atoms with Crippen LogP contribution >= 0.6 is 23.5 Å². The van der Waals surface area contributed by atoms with Crippen LogP contribution in [0.1, 0.15) is 35.3 Å². The summed E-state index contributed by atoms with van der Waals surface area (Å²) in [7, 11) is 1.38. The summed E-state index contributed by atoms with van der Waals surface area (Å²) in [5, 5.41) is 21.3. The van der Waals surface area contributed by atoms with Crippen LogP contribution < -0.4 is 9.47 Å². The molecule has 10 heteroatoms. The number of rotatable bonds is 5. The lowest BCUT2D eigenvalue weighted by Crippen LogP contribution is -2.38. The Hall–Kier alpha value is -2.72. The minimum absolute atomic E-state index is 0.00346. The van der Waals surface area contributed by atoms with Gasteiger partial charge in [-0.2, -0.15) is 0 Å². The zero-order valence-corrected chi connectivity index (χ0v) is 19.5. The predicted octanol–water partition coefficient (Wildman–Crippen LogP) is 3.25. The van der Waals surface area contributed by atoms with E-state index in [1.807, 2.05) is 0 Å². The highest BCUT2D eigenvalue weighted by Gasteiger charge is 2.55. The Balaban J connectivity index is 1.88. The van der Waals surface area contributed by atoms with E-state index < -0.39 is 22.7 Å². The van der Waals surface area contributed by atoms with Crippen LogP contribution in [0.25, 0.3) is 0 Å². The molecule has 0 amide bonds. The molecule has 1 aliphatic carbocycles. The summed E-state index contributed by atoms with van der Waals surface area (Å²) in [6.45, 7) is 4.97. The zero-order valence-electron chi connectivity index (χ0n) is 17.9. The summed E-state index contributed by atoms with van der Waals surface area (Å²) in [5.41, 5.74) is -1.49. The Morgan fingerprint density at radius 1 is 1.38 bits per heavy atom. The third-order valence-electron chi connectivity index (χ3n) is 5.74. The molecule has 2 N–H and O–H groups in total. The van der Waals surface area contributed by atoms with Gasteiger partial charge in [-0.15, -0.1) is 0 Å². The Labute approximate surface area is 192 Å². The predicted molar refractivity (Wildman–Crippen MR) is 122 cm³/mol. The van der Waals surface area contributed by atoms with Gasteiger partial charge in [0.25, 0.3) is 0 Å². The minimum Gasteiger partial charge on any atom is -0.507 e. The molecular formula is C22H21NO7S2. The molecule has 4 rings (SSSR count). The second-order valence-electron chi connectivity index (χ2n) is 7.68. The monoisotopic (exact) mass is 475 g/mol. The summed E-state index contributed by atoms with van der Waals surface area (Å²) < 4.78 is 12.2. The second-order valence-corrected chi connectivity index (χ2v) is 9.98. The minimum atomic E-state index is -1.57. The van der Waals surface area contributed by atoms with Crippen molar-refractivity contribution in [3.63, 3.8) is 0 Å². The molecule has 0 bridgehead atoms. The number of carbonyl (C=O) groups is 3. The van der Waals surface area contributed by atoms with Gasteiger partial charge in [0.05, 0.1) is 25.0 Å². The number of thioether (sulfide) groups is 2. The van der Waals surface area contributed by atoms with E-state index in [-0.39, 0.29) is 56.8 Å². The van der Waals surface area contributed by atoms with Gasteiger partial charge in [-0.25, -0.2) is 0 Å². The number of aliphatic hydroxyl groups is 1. The number of hydrogen-bond acceptors (Lipinski definition) is 10. The molecule has 168 valence electrons. The highest BCUT2D eigenvalue weighted by Crippen LogP contribution is 2.57. The van der Waals surface area contributed by atoms with Crippen LogP contribution in [0.15, 0.2) is 28.2 Å². The number of Topliss-reactive ketones (excluding diaryl/α,β-unsaturated/α-hetero) is 3. The Morgan fingerprint density at radius 3 is 2.69 bits per heavy atom. The smallest absolute Gasteiger partial charge is 0.188 e. The fourth-order valence-electron chi connectivity index (χ4n) is 4.13. The number of aliphatic hydroxyl groups excluding tert-OH is 1. The van der Waals surface area contributed by atoms with E-state index >= 15 is 0 Å². The first-order valence-corrected chi connectivity index (χ1v) is 11.8. The van der Waals surface area contributed by atoms with Crippen LogP contribution in [0.2, 0.25) is 0 Å². The molecule has 0 saturated heterocycles. The van der Waals surface area contributed by atoms with Crippen LogP contribution in [0.4, 0.5) is 0 Å². The van der Waals surface area contributed by atoms with E-state index in [9.17, 15) is 24.6 Å². The summed E-state index contributed by atoms with van der Waals surface area (Å²) >= 11 is 2.89. The lowest BCUT2D eigenvalue weighted by atomic mass is 9.71. The average molecular weight is 476 g/mol. The van der Waals surface area contributed by atoms with E-state index in [1.165, 1.54) is 38.8 Å². The number of ether oxygens (including phenoxy) is 2. The number of allylic oxidation sites excluding steroid dienone is 3. The van der Waals surface area contributed by atoms with Crippen molar-refractivity contribution in [3.05, 3.63) is 39.9 Å². The Bertz CT molecular complexity index is 1180. The van der Waals surface area contributed by atoms with Crippen molar-refractivity contribution in [1.82, 2.24) is 0 Å². The van der Waals surface area contributed by atoms with Crippen LogP contribution in [0, 0.1) is 6.92 Å². The number of hydrogen-bond donors (Lipinski definition) is 2. The summed E-state index contributed by atoms with van der Waals surface area (Å²) in [6.07, 6.45) is 1.19. The number of aromatic hydroxyl groups is 1. The number of nitrogens with zero attached hydrogens (tertiary/aromatic N) is 1. The first kappa shape index (κ1) is 22.5. The Kier molecular flexibility index (Phi) is 5.62. The molecule has 3 aliphatic rings. The molecule has 2 heterocycles. The highest BCUT2D eigenvalue weighted by molar-refractivity contribution is 8.39. The third kappa shape index (κ3) is 3.15. The number of aliphatic imine (C=N–C) groups is 1. The van der Waals surface area contributed by atoms with Gasteiger partial charge in [0, 0.05) is 17.4 Å². The third-order valence-corrected chi connectivity index (χ3v) is 8.00.